The zero-order chi connectivity index (χ0) is 18.5. The van der Waals surface area contributed by atoms with Crippen LogP contribution in [0.3, 0.4) is 0 Å². The van der Waals surface area contributed by atoms with Crippen molar-refractivity contribution >= 4 is 17.3 Å². The van der Waals surface area contributed by atoms with Gasteiger partial charge in [0.25, 0.3) is 5.69 Å². The molecule has 6 nitrogen and oxygen atoms in total. The van der Waals surface area contributed by atoms with E-state index in [4.69, 9.17) is 4.74 Å². The largest absolute Gasteiger partial charge is 0.497 e. The van der Waals surface area contributed by atoms with Crippen LogP contribution in [0.25, 0.3) is 17.3 Å². The third-order valence-corrected chi connectivity index (χ3v) is 3.93. The maximum Gasteiger partial charge on any atom is 0.269 e. The lowest BCUT2D eigenvalue weighted by atomic mass is 10.1. The molecule has 0 bridgehead atoms. The fourth-order valence-electron chi connectivity index (χ4n) is 2.58. The monoisotopic (exact) mass is 345 g/mol. The normalized spacial score (nSPS) is 11.0. The summed E-state index contributed by atoms with van der Waals surface area (Å²) in [5.41, 5.74) is 2.80. The van der Waals surface area contributed by atoms with E-state index >= 15 is 0 Å². The van der Waals surface area contributed by atoms with E-state index in [-0.39, 0.29) is 5.69 Å². The fraction of sp³-hybridized carbons (Fsp3) is 0.0500. The molecule has 0 radical (unpaired) electrons. The molecule has 0 N–H and O–H groups in total. The molecule has 0 atom stereocenters. The van der Waals surface area contributed by atoms with Gasteiger partial charge < -0.3 is 9.30 Å². The summed E-state index contributed by atoms with van der Waals surface area (Å²) in [6.45, 7) is 0. The van der Waals surface area contributed by atoms with Gasteiger partial charge in [-0.05, 0) is 60.2 Å². The number of nitro benzene ring substituents is 1. The fourth-order valence-corrected chi connectivity index (χ4v) is 2.58. The number of rotatable bonds is 5. The Hall–Kier alpha value is -3.85. The molecular formula is C20H15N3O3. The third-order valence-electron chi connectivity index (χ3n) is 3.93. The summed E-state index contributed by atoms with van der Waals surface area (Å²) in [5.74, 6) is 0.765. The van der Waals surface area contributed by atoms with Crippen molar-refractivity contribution in [2.75, 3.05) is 7.11 Å². The number of allylic oxidation sites excluding steroid dienone is 1. The van der Waals surface area contributed by atoms with Gasteiger partial charge in [0.2, 0.25) is 0 Å². The maximum atomic E-state index is 10.8. The minimum Gasteiger partial charge on any atom is -0.497 e. The third kappa shape index (κ3) is 3.47. The van der Waals surface area contributed by atoms with Crippen molar-refractivity contribution in [3.63, 3.8) is 0 Å². The smallest absolute Gasteiger partial charge is 0.269 e. The van der Waals surface area contributed by atoms with Gasteiger partial charge in [-0.25, -0.2) is 0 Å². The first-order valence-corrected chi connectivity index (χ1v) is 7.81. The Morgan fingerprint density at radius 1 is 1.15 bits per heavy atom. The molecule has 0 aliphatic heterocycles. The van der Waals surface area contributed by atoms with E-state index in [1.54, 1.807) is 25.3 Å². The van der Waals surface area contributed by atoms with Crippen molar-refractivity contribution in [1.29, 1.82) is 5.26 Å². The SMILES string of the molecule is COc1ccc(-n2cccc2/C=C(/C#N)c2ccc([N+](=O)[O-])cc2)cc1. The number of benzene rings is 2. The zero-order valence-electron chi connectivity index (χ0n) is 14.0. The average molecular weight is 345 g/mol. The number of aromatic nitrogens is 1. The summed E-state index contributed by atoms with van der Waals surface area (Å²) in [7, 11) is 1.61. The first kappa shape index (κ1) is 17.0. The number of ether oxygens (including phenoxy) is 1. The van der Waals surface area contributed by atoms with E-state index in [1.165, 1.54) is 12.1 Å². The predicted molar refractivity (Wildman–Crippen MR) is 98.9 cm³/mol. The molecule has 0 saturated carbocycles. The molecule has 128 valence electrons. The van der Waals surface area contributed by atoms with Gasteiger partial charge >= 0.3 is 0 Å². The number of nitriles is 1. The molecule has 3 aromatic rings. The van der Waals surface area contributed by atoms with Crippen LogP contribution in [-0.2, 0) is 0 Å². The van der Waals surface area contributed by atoms with Crippen LogP contribution in [0, 0.1) is 21.4 Å². The van der Waals surface area contributed by atoms with Crippen LogP contribution >= 0.6 is 0 Å². The highest BCUT2D eigenvalue weighted by atomic mass is 16.6. The molecule has 3 rings (SSSR count). The van der Waals surface area contributed by atoms with Gasteiger partial charge in [0.05, 0.1) is 23.7 Å². The molecule has 2 aromatic carbocycles. The minimum absolute atomic E-state index is 0.00681. The summed E-state index contributed by atoms with van der Waals surface area (Å²) in [6.07, 6.45) is 3.66. The van der Waals surface area contributed by atoms with Crippen LogP contribution in [0.2, 0.25) is 0 Å². The Morgan fingerprint density at radius 2 is 1.85 bits per heavy atom. The lowest BCUT2D eigenvalue weighted by Crippen LogP contribution is -1.95. The Morgan fingerprint density at radius 3 is 2.42 bits per heavy atom. The molecule has 0 spiro atoms. The van der Waals surface area contributed by atoms with E-state index in [0.29, 0.717) is 11.1 Å². The van der Waals surface area contributed by atoms with Crippen molar-refractivity contribution in [3.8, 4) is 17.5 Å². The van der Waals surface area contributed by atoms with Crippen LogP contribution in [-0.4, -0.2) is 16.6 Å². The van der Waals surface area contributed by atoms with Crippen molar-refractivity contribution in [2.45, 2.75) is 0 Å². The lowest BCUT2D eigenvalue weighted by molar-refractivity contribution is -0.384. The number of non-ortho nitro benzene ring substituents is 1. The predicted octanol–water partition coefficient (Wildman–Crippen LogP) is 4.46. The van der Waals surface area contributed by atoms with Gasteiger partial charge in [-0.3, -0.25) is 10.1 Å². The van der Waals surface area contributed by atoms with Gasteiger partial charge in [0, 0.05) is 29.7 Å². The lowest BCUT2D eigenvalue weighted by Gasteiger charge is -2.08. The number of methoxy groups -OCH3 is 1. The molecule has 26 heavy (non-hydrogen) atoms. The highest BCUT2D eigenvalue weighted by Crippen LogP contribution is 2.23. The molecule has 0 unspecified atom stereocenters. The van der Waals surface area contributed by atoms with E-state index in [9.17, 15) is 15.4 Å². The molecule has 0 fully saturated rings. The molecule has 6 heteroatoms. The Kier molecular flexibility index (Phi) is 4.81. The number of hydrogen-bond acceptors (Lipinski definition) is 4. The summed E-state index contributed by atoms with van der Waals surface area (Å²) >= 11 is 0. The van der Waals surface area contributed by atoms with E-state index in [2.05, 4.69) is 6.07 Å². The molecule has 1 aromatic heterocycles. The molecule has 0 saturated heterocycles. The number of nitro groups is 1. The van der Waals surface area contributed by atoms with Crippen molar-refractivity contribution in [2.24, 2.45) is 0 Å². The molecule has 0 aliphatic carbocycles. The van der Waals surface area contributed by atoms with Gasteiger partial charge in [0.15, 0.2) is 0 Å². The topological polar surface area (TPSA) is 81.1 Å². The van der Waals surface area contributed by atoms with Crippen LogP contribution in [0.5, 0.6) is 5.75 Å². The number of hydrogen-bond donors (Lipinski definition) is 0. The Balaban J connectivity index is 1.96. The van der Waals surface area contributed by atoms with E-state index in [0.717, 1.165) is 17.1 Å². The van der Waals surface area contributed by atoms with Gasteiger partial charge in [-0.1, -0.05) is 0 Å². The number of nitrogens with zero attached hydrogens (tertiary/aromatic N) is 3. The highest BCUT2D eigenvalue weighted by molar-refractivity contribution is 5.89. The van der Waals surface area contributed by atoms with Crippen LogP contribution in [0.4, 0.5) is 5.69 Å². The molecule has 1 heterocycles. The van der Waals surface area contributed by atoms with Crippen molar-refractivity contribution in [3.05, 3.63) is 88.2 Å². The molecular weight excluding hydrogens is 330 g/mol. The Labute approximate surface area is 150 Å². The first-order valence-electron chi connectivity index (χ1n) is 7.81. The second-order valence-electron chi connectivity index (χ2n) is 5.47. The van der Waals surface area contributed by atoms with Crippen molar-refractivity contribution < 1.29 is 9.66 Å². The second-order valence-corrected chi connectivity index (χ2v) is 5.47. The van der Waals surface area contributed by atoms with E-state index in [1.807, 2.05) is 47.2 Å². The van der Waals surface area contributed by atoms with Crippen LogP contribution in [0.1, 0.15) is 11.3 Å². The molecule has 0 aliphatic rings. The summed E-state index contributed by atoms with van der Waals surface area (Å²) < 4.78 is 7.12. The van der Waals surface area contributed by atoms with Gasteiger partial charge in [0.1, 0.15) is 5.75 Å². The van der Waals surface area contributed by atoms with Crippen molar-refractivity contribution in [1.82, 2.24) is 4.57 Å². The van der Waals surface area contributed by atoms with Gasteiger partial charge in [-0.2, -0.15) is 5.26 Å². The second kappa shape index (κ2) is 7.36. The maximum absolute atomic E-state index is 10.8. The van der Waals surface area contributed by atoms with Crippen LogP contribution in [0.15, 0.2) is 66.9 Å². The van der Waals surface area contributed by atoms with E-state index < -0.39 is 4.92 Å². The highest BCUT2D eigenvalue weighted by Gasteiger charge is 2.08. The first-order chi connectivity index (χ1) is 12.6. The van der Waals surface area contributed by atoms with Crippen LogP contribution < -0.4 is 4.74 Å². The standard InChI is InChI=1S/C20H15N3O3/c1-26-20-10-8-17(9-11-20)22-12-2-3-19(22)13-16(14-21)15-4-6-18(7-5-15)23(24)25/h2-13H,1H3/b16-13-. The minimum atomic E-state index is -0.464. The van der Waals surface area contributed by atoms with Gasteiger partial charge in [-0.15, -0.1) is 0 Å². The quantitative estimate of drug-likeness (QED) is 0.388. The zero-order valence-corrected chi connectivity index (χ0v) is 14.0. The summed E-state index contributed by atoms with van der Waals surface area (Å²) in [4.78, 5) is 10.3. The Bertz CT molecular complexity index is 994. The molecule has 0 amide bonds. The average Bonchev–Trinajstić information content (AvgIpc) is 3.14. The summed E-state index contributed by atoms with van der Waals surface area (Å²) in [6, 6.07) is 19.5. The summed E-state index contributed by atoms with van der Waals surface area (Å²) in [5, 5.41) is 20.3.